The molecule has 0 amide bonds. The minimum absolute atomic E-state index is 0.580. The Morgan fingerprint density at radius 1 is 1.10 bits per heavy atom. The van der Waals surface area contributed by atoms with Crippen molar-refractivity contribution in [2.45, 2.75) is 38.5 Å². The predicted molar refractivity (Wildman–Crippen MR) is 83.0 cm³/mol. The van der Waals surface area contributed by atoms with Gasteiger partial charge in [0.05, 0.1) is 11.9 Å². The first-order valence-corrected chi connectivity index (χ1v) is 7.60. The molecule has 1 saturated heterocycles. The molecule has 106 valence electrons. The Kier molecular flexibility index (Phi) is 3.88. The van der Waals surface area contributed by atoms with Crippen molar-refractivity contribution in [3.8, 4) is 11.3 Å². The van der Waals surface area contributed by atoms with Gasteiger partial charge in [0.25, 0.3) is 0 Å². The van der Waals surface area contributed by atoms with Gasteiger partial charge < -0.3 is 10.3 Å². The Labute approximate surface area is 120 Å². The van der Waals surface area contributed by atoms with Crippen molar-refractivity contribution in [2.24, 2.45) is 0 Å². The van der Waals surface area contributed by atoms with Crippen molar-refractivity contribution in [2.75, 3.05) is 13.1 Å². The van der Waals surface area contributed by atoms with Gasteiger partial charge in [0.15, 0.2) is 0 Å². The zero-order valence-electron chi connectivity index (χ0n) is 12.3. The summed E-state index contributed by atoms with van der Waals surface area (Å²) in [5.41, 5.74) is 3.74. The number of nitrogens with zero attached hydrogens (tertiary/aromatic N) is 1. The third kappa shape index (κ3) is 2.78. The van der Waals surface area contributed by atoms with Crippen LogP contribution in [-0.2, 0) is 0 Å². The number of hydrogen-bond acceptors (Lipinski definition) is 2. The second kappa shape index (κ2) is 5.80. The molecule has 2 N–H and O–H groups in total. The van der Waals surface area contributed by atoms with Crippen molar-refractivity contribution in [3.63, 3.8) is 0 Å². The number of piperidine rings is 1. The molecule has 0 saturated carbocycles. The smallest absolute Gasteiger partial charge is 0.109 e. The van der Waals surface area contributed by atoms with Crippen LogP contribution in [0.4, 0.5) is 0 Å². The highest BCUT2D eigenvalue weighted by Crippen LogP contribution is 2.26. The highest BCUT2D eigenvalue weighted by atomic mass is 14.9. The van der Waals surface area contributed by atoms with Crippen LogP contribution in [0.3, 0.4) is 0 Å². The summed E-state index contributed by atoms with van der Waals surface area (Å²) in [4.78, 5) is 8.10. The number of aromatic amines is 1. The van der Waals surface area contributed by atoms with Gasteiger partial charge in [-0.3, -0.25) is 0 Å². The Morgan fingerprint density at radius 3 is 2.45 bits per heavy atom. The quantitative estimate of drug-likeness (QED) is 0.892. The summed E-state index contributed by atoms with van der Waals surface area (Å²) in [6.07, 6.45) is 4.33. The molecular formula is C17H23N3. The van der Waals surface area contributed by atoms with Gasteiger partial charge in [0.1, 0.15) is 5.82 Å². The van der Waals surface area contributed by atoms with Crippen LogP contribution < -0.4 is 5.32 Å². The molecular weight excluding hydrogens is 246 g/mol. The van der Waals surface area contributed by atoms with Gasteiger partial charge in [0.2, 0.25) is 0 Å². The molecule has 20 heavy (non-hydrogen) atoms. The maximum absolute atomic E-state index is 4.59. The standard InChI is InChI=1S/C17H23N3/c1-12(2)13-3-5-14(6-4-13)16-11-19-17(20-16)15-7-9-18-10-8-15/h3-6,11-12,15,18H,7-10H2,1-2H3,(H,19,20). The monoisotopic (exact) mass is 269 g/mol. The SMILES string of the molecule is CC(C)c1ccc(-c2cnc(C3CCNCC3)[nH]2)cc1. The lowest BCUT2D eigenvalue weighted by Gasteiger charge is -2.20. The van der Waals surface area contributed by atoms with Crippen molar-refractivity contribution in [1.82, 2.24) is 15.3 Å². The fraction of sp³-hybridized carbons (Fsp3) is 0.471. The van der Waals surface area contributed by atoms with Crippen LogP contribution in [0, 0.1) is 0 Å². The molecule has 2 heterocycles. The normalized spacial score (nSPS) is 16.8. The topological polar surface area (TPSA) is 40.7 Å². The molecule has 1 aliphatic rings. The fourth-order valence-electron chi connectivity index (χ4n) is 2.83. The van der Waals surface area contributed by atoms with E-state index >= 15 is 0 Å². The molecule has 2 aromatic rings. The summed E-state index contributed by atoms with van der Waals surface area (Å²) in [6, 6.07) is 8.81. The molecule has 0 spiro atoms. The molecule has 0 aliphatic carbocycles. The van der Waals surface area contributed by atoms with E-state index in [1.165, 1.54) is 24.0 Å². The Hall–Kier alpha value is -1.61. The lowest BCUT2D eigenvalue weighted by molar-refractivity contribution is 0.447. The van der Waals surface area contributed by atoms with E-state index in [-0.39, 0.29) is 0 Å². The second-order valence-corrected chi connectivity index (χ2v) is 5.98. The van der Waals surface area contributed by atoms with E-state index in [1.54, 1.807) is 0 Å². The number of nitrogens with one attached hydrogen (secondary N) is 2. The maximum Gasteiger partial charge on any atom is 0.109 e. The molecule has 3 heteroatoms. The van der Waals surface area contributed by atoms with E-state index in [0.29, 0.717) is 11.8 Å². The van der Waals surface area contributed by atoms with Crippen molar-refractivity contribution in [1.29, 1.82) is 0 Å². The molecule has 0 atom stereocenters. The van der Waals surface area contributed by atoms with Crippen LogP contribution >= 0.6 is 0 Å². The summed E-state index contributed by atoms with van der Waals surface area (Å²) in [5.74, 6) is 2.31. The van der Waals surface area contributed by atoms with Gasteiger partial charge >= 0.3 is 0 Å². The van der Waals surface area contributed by atoms with Gasteiger partial charge in [0, 0.05) is 5.92 Å². The van der Waals surface area contributed by atoms with Gasteiger partial charge in [-0.25, -0.2) is 4.98 Å². The van der Waals surface area contributed by atoms with E-state index in [9.17, 15) is 0 Å². The minimum Gasteiger partial charge on any atom is -0.342 e. The third-order valence-corrected chi connectivity index (χ3v) is 4.21. The average molecular weight is 269 g/mol. The highest BCUT2D eigenvalue weighted by molar-refractivity contribution is 5.59. The Morgan fingerprint density at radius 2 is 1.80 bits per heavy atom. The lowest BCUT2D eigenvalue weighted by atomic mass is 9.97. The van der Waals surface area contributed by atoms with Crippen LogP contribution in [0.1, 0.15) is 49.9 Å². The van der Waals surface area contributed by atoms with Crippen LogP contribution in [0.2, 0.25) is 0 Å². The van der Waals surface area contributed by atoms with E-state index in [1.807, 2.05) is 6.20 Å². The number of hydrogen-bond donors (Lipinski definition) is 2. The van der Waals surface area contributed by atoms with E-state index in [0.717, 1.165) is 24.6 Å². The predicted octanol–water partition coefficient (Wildman–Crippen LogP) is 3.67. The first-order valence-electron chi connectivity index (χ1n) is 7.60. The second-order valence-electron chi connectivity index (χ2n) is 5.98. The molecule has 1 fully saturated rings. The fourth-order valence-corrected chi connectivity index (χ4v) is 2.83. The summed E-state index contributed by atoms with van der Waals surface area (Å²) < 4.78 is 0. The van der Waals surface area contributed by atoms with Crippen molar-refractivity contribution < 1.29 is 0 Å². The first kappa shape index (κ1) is 13.4. The average Bonchev–Trinajstić information content (AvgIpc) is 2.98. The summed E-state index contributed by atoms with van der Waals surface area (Å²) in [7, 11) is 0. The number of aromatic nitrogens is 2. The third-order valence-electron chi connectivity index (χ3n) is 4.21. The molecule has 0 bridgehead atoms. The number of benzene rings is 1. The minimum atomic E-state index is 0.580. The molecule has 0 unspecified atom stereocenters. The highest BCUT2D eigenvalue weighted by Gasteiger charge is 2.18. The Balaban J connectivity index is 1.78. The van der Waals surface area contributed by atoms with Gasteiger partial charge in [-0.15, -0.1) is 0 Å². The van der Waals surface area contributed by atoms with Crippen LogP contribution in [-0.4, -0.2) is 23.1 Å². The van der Waals surface area contributed by atoms with Crippen molar-refractivity contribution >= 4 is 0 Å². The maximum atomic E-state index is 4.59. The Bertz CT molecular complexity index is 548. The van der Waals surface area contributed by atoms with E-state index in [4.69, 9.17) is 0 Å². The molecule has 1 aromatic carbocycles. The summed E-state index contributed by atoms with van der Waals surface area (Å²) in [5, 5.41) is 3.40. The lowest BCUT2D eigenvalue weighted by Crippen LogP contribution is -2.27. The first-order chi connectivity index (χ1) is 9.74. The molecule has 3 nitrogen and oxygen atoms in total. The van der Waals surface area contributed by atoms with Crippen LogP contribution in [0.15, 0.2) is 30.5 Å². The van der Waals surface area contributed by atoms with E-state index in [2.05, 4.69) is 53.4 Å². The van der Waals surface area contributed by atoms with Crippen LogP contribution in [0.25, 0.3) is 11.3 Å². The van der Waals surface area contributed by atoms with Crippen LogP contribution in [0.5, 0.6) is 0 Å². The molecule has 0 radical (unpaired) electrons. The molecule has 1 aliphatic heterocycles. The molecule has 3 rings (SSSR count). The van der Waals surface area contributed by atoms with E-state index < -0.39 is 0 Å². The zero-order chi connectivity index (χ0) is 13.9. The molecule has 1 aromatic heterocycles. The largest absolute Gasteiger partial charge is 0.342 e. The summed E-state index contributed by atoms with van der Waals surface area (Å²) in [6.45, 7) is 6.65. The van der Waals surface area contributed by atoms with Gasteiger partial charge in [-0.2, -0.15) is 0 Å². The summed E-state index contributed by atoms with van der Waals surface area (Å²) >= 11 is 0. The van der Waals surface area contributed by atoms with Crippen molar-refractivity contribution in [3.05, 3.63) is 41.9 Å². The number of imidazole rings is 1. The van der Waals surface area contributed by atoms with Gasteiger partial charge in [-0.1, -0.05) is 38.1 Å². The number of H-pyrrole nitrogens is 1. The number of rotatable bonds is 3. The van der Waals surface area contributed by atoms with Gasteiger partial charge in [-0.05, 0) is 43.0 Å². The zero-order valence-corrected chi connectivity index (χ0v) is 12.3.